The molecule has 1 atom stereocenters. The standard InChI is InChI=1S/C22H25N5O2/c1-13(2)18-11-15(7-10-27(18)20(28)5-8-23)17-12-19(26-22(29)14-3-4-14)25-21-16(17)6-9-24-21/h6-7,9,12-14,18H,3-5,10-11H2,1-2H3,(H2,24,25,26,29). The second-order valence-electron chi connectivity index (χ2n) is 8.18. The SMILES string of the molecule is CC(C)C1CC(c2cc(NC(=O)C3CC3)nc3[nH]ccc23)=CCN1C(=O)CC#N. The fourth-order valence-electron chi connectivity index (χ4n) is 3.98. The number of H-pyrrole nitrogens is 1. The zero-order valence-corrected chi connectivity index (χ0v) is 16.7. The number of nitrogens with one attached hydrogen (secondary N) is 2. The molecule has 2 aromatic heterocycles. The normalized spacial score (nSPS) is 19.2. The Kier molecular flexibility index (Phi) is 5.10. The van der Waals surface area contributed by atoms with E-state index < -0.39 is 0 Å². The summed E-state index contributed by atoms with van der Waals surface area (Å²) in [5, 5.41) is 12.9. The van der Waals surface area contributed by atoms with Crippen LogP contribution in [0.3, 0.4) is 0 Å². The van der Waals surface area contributed by atoms with Gasteiger partial charge < -0.3 is 15.2 Å². The van der Waals surface area contributed by atoms with Crippen molar-refractivity contribution in [2.45, 2.75) is 45.6 Å². The molecule has 7 heteroatoms. The number of nitriles is 1. The van der Waals surface area contributed by atoms with Crippen molar-refractivity contribution < 1.29 is 9.59 Å². The van der Waals surface area contributed by atoms with Crippen molar-refractivity contribution in [3.8, 4) is 6.07 Å². The van der Waals surface area contributed by atoms with Gasteiger partial charge in [-0.3, -0.25) is 9.59 Å². The van der Waals surface area contributed by atoms with Gasteiger partial charge in [-0.2, -0.15) is 5.26 Å². The van der Waals surface area contributed by atoms with Crippen LogP contribution in [0, 0.1) is 23.2 Å². The number of pyridine rings is 1. The molecule has 1 saturated carbocycles. The van der Waals surface area contributed by atoms with Gasteiger partial charge in [0.1, 0.15) is 17.9 Å². The summed E-state index contributed by atoms with van der Waals surface area (Å²) >= 11 is 0. The van der Waals surface area contributed by atoms with E-state index >= 15 is 0 Å². The summed E-state index contributed by atoms with van der Waals surface area (Å²) < 4.78 is 0. The highest BCUT2D eigenvalue weighted by molar-refractivity contribution is 5.97. The predicted molar refractivity (Wildman–Crippen MR) is 111 cm³/mol. The van der Waals surface area contributed by atoms with Gasteiger partial charge >= 0.3 is 0 Å². The predicted octanol–water partition coefficient (Wildman–Crippen LogP) is 3.47. The smallest absolute Gasteiger partial charge is 0.237 e. The highest BCUT2D eigenvalue weighted by atomic mass is 16.2. The number of aromatic amines is 1. The number of aromatic nitrogens is 2. The van der Waals surface area contributed by atoms with Crippen LogP contribution in [0.5, 0.6) is 0 Å². The summed E-state index contributed by atoms with van der Waals surface area (Å²) in [4.78, 5) is 34.1. The number of carbonyl (C=O) groups is 2. The number of hydrogen-bond acceptors (Lipinski definition) is 4. The number of amides is 2. The highest BCUT2D eigenvalue weighted by Gasteiger charge is 2.32. The first-order valence-corrected chi connectivity index (χ1v) is 10.1. The second kappa shape index (κ2) is 7.70. The minimum Gasteiger partial charge on any atom is -0.346 e. The summed E-state index contributed by atoms with van der Waals surface area (Å²) in [5.41, 5.74) is 2.90. The minimum absolute atomic E-state index is 0.0281. The fourth-order valence-corrected chi connectivity index (χ4v) is 3.98. The molecule has 0 spiro atoms. The molecule has 0 radical (unpaired) electrons. The fraction of sp³-hybridized carbons (Fsp3) is 0.455. The van der Waals surface area contributed by atoms with E-state index in [-0.39, 0.29) is 36.1 Å². The largest absolute Gasteiger partial charge is 0.346 e. The summed E-state index contributed by atoms with van der Waals surface area (Å²) in [7, 11) is 0. The first kappa shape index (κ1) is 19.2. The van der Waals surface area contributed by atoms with Gasteiger partial charge in [-0.25, -0.2) is 4.98 Å². The lowest BCUT2D eigenvalue weighted by Gasteiger charge is -2.37. The Morgan fingerprint density at radius 2 is 2.21 bits per heavy atom. The molecule has 4 rings (SSSR count). The first-order valence-electron chi connectivity index (χ1n) is 10.1. The lowest BCUT2D eigenvalue weighted by molar-refractivity contribution is -0.132. The monoisotopic (exact) mass is 391 g/mol. The van der Waals surface area contributed by atoms with Crippen LogP contribution >= 0.6 is 0 Å². The Hall–Kier alpha value is -3.14. The van der Waals surface area contributed by atoms with Crippen molar-refractivity contribution in [1.82, 2.24) is 14.9 Å². The molecule has 0 aromatic carbocycles. The van der Waals surface area contributed by atoms with Crippen molar-refractivity contribution >= 4 is 34.2 Å². The van der Waals surface area contributed by atoms with Gasteiger partial charge in [-0.05, 0) is 48.4 Å². The summed E-state index contributed by atoms with van der Waals surface area (Å²) in [6.07, 6.45) is 6.40. The molecule has 0 bridgehead atoms. The number of anilines is 1. The highest BCUT2D eigenvalue weighted by Crippen LogP contribution is 2.35. The third-order valence-corrected chi connectivity index (χ3v) is 5.76. The molecule has 29 heavy (non-hydrogen) atoms. The molecular formula is C22H25N5O2. The van der Waals surface area contributed by atoms with Crippen LogP contribution in [-0.2, 0) is 9.59 Å². The molecule has 1 unspecified atom stereocenters. The lowest BCUT2D eigenvalue weighted by atomic mass is 9.87. The van der Waals surface area contributed by atoms with E-state index in [0.717, 1.165) is 35.0 Å². The number of hydrogen-bond donors (Lipinski definition) is 2. The minimum atomic E-state index is -0.125. The molecule has 2 aliphatic rings. The molecule has 150 valence electrons. The van der Waals surface area contributed by atoms with Gasteiger partial charge in [0.15, 0.2) is 0 Å². The quantitative estimate of drug-likeness (QED) is 0.815. The van der Waals surface area contributed by atoms with Crippen molar-refractivity contribution in [3.63, 3.8) is 0 Å². The van der Waals surface area contributed by atoms with Crippen LogP contribution in [0.15, 0.2) is 24.4 Å². The molecule has 2 amide bonds. The van der Waals surface area contributed by atoms with Crippen molar-refractivity contribution in [2.24, 2.45) is 11.8 Å². The first-order chi connectivity index (χ1) is 14.0. The summed E-state index contributed by atoms with van der Waals surface area (Å²) in [5.74, 6) is 0.829. The Morgan fingerprint density at radius 3 is 2.90 bits per heavy atom. The van der Waals surface area contributed by atoms with Gasteiger partial charge in [-0.15, -0.1) is 0 Å². The zero-order valence-electron chi connectivity index (χ0n) is 16.7. The zero-order chi connectivity index (χ0) is 20.5. The van der Waals surface area contributed by atoms with Gasteiger partial charge in [0, 0.05) is 30.1 Å². The molecule has 2 N–H and O–H groups in total. The van der Waals surface area contributed by atoms with Crippen molar-refractivity contribution in [1.29, 1.82) is 5.26 Å². The maximum absolute atomic E-state index is 12.4. The molecule has 3 heterocycles. The van der Waals surface area contributed by atoms with E-state index in [4.69, 9.17) is 5.26 Å². The average Bonchev–Trinajstić information content (AvgIpc) is 3.45. The average molecular weight is 391 g/mol. The lowest BCUT2D eigenvalue weighted by Crippen LogP contribution is -2.45. The van der Waals surface area contributed by atoms with Crippen LogP contribution in [-0.4, -0.2) is 39.3 Å². The van der Waals surface area contributed by atoms with E-state index in [0.29, 0.717) is 18.8 Å². The molecule has 7 nitrogen and oxygen atoms in total. The molecule has 2 aromatic rings. The van der Waals surface area contributed by atoms with Crippen molar-refractivity contribution in [2.75, 3.05) is 11.9 Å². The van der Waals surface area contributed by atoms with Crippen LogP contribution in [0.25, 0.3) is 16.6 Å². The van der Waals surface area contributed by atoms with E-state index in [1.54, 1.807) is 0 Å². The number of carbonyl (C=O) groups excluding carboxylic acids is 2. The van der Waals surface area contributed by atoms with E-state index in [2.05, 4.69) is 35.2 Å². The summed E-state index contributed by atoms with van der Waals surface area (Å²) in [6, 6.07) is 5.92. The topological polar surface area (TPSA) is 102 Å². The Balaban J connectivity index is 1.68. The molecule has 1 aliphatic heterocycles. The van der Waals surface area contributed by atoms with Crippen LogP contribution in [0.2, 0.25) is 0 Å². The van der Waals surface area contributed by atoms with Crippen LogP contribution < -0.4 is 5.32 Å². The molecule has 1 fully saturated rings. The summed E-state index contributed by atoms with van der Waals surface area (Å²) in [6.45, 7) is 4.68. The molecule has 1 aliphatic carbocycles. The van der Waals surface area contributed by atoms with Gasteiger partial charge in [0.25, 0.3) is 0 Å². The Morgan fingerprint density at radius 1 is 1.41 bits per heavy atom. The third kappa shape index (κ3) is 3.88. The van der Waals surface area contributed by atoms with Gasteiger partial charge in [-0.1, -0.05) is 19.9 Å². The third-order valence-electron chi connectivity index (χ3n) is 5.76. The maximum atomic E-state index is 12.4. The van der Waals surface area contributed by atoms with E-state index in [1.807, 2.05) is 29.3 Å². The maximum Gasteiger partial charge on any atom is 0.237 e. The van der Waals surface area contributed by atoms with Gasteiger partial charge in [0.05, 0.1) is 6.07 Å². The number of nitrogens with zero attached hydrogens (tertiary/aromatic N) is 3. The van der Waals surface area contributed by atoms with Crippen LogP contribution in [0.4, 0.5) is 5.82 Å². The Bertz CT molecular complexity index is 1030. The van der Waals surface area contributed by atoms with E-state index in [1.165, 1.54) is 0 Å². The number of rotatable bonds is 5. The van der Waals surface area contributed by atoms with E-state index in [9.17, 15) is 9.59 Å². The Labute approximate surface area is 169 Å². The molecule has 0 saturated heterocycles. The van der Waals surface area contributed by atoms with Crippen LogP contribution in [0.1, 0.15) is 45.1 Å². The van der Waals surface area contributed by atoms with Crippen molar-refractivity contribution in [3.05, 3.63) is 30.0 Å². The molecular weight excluding hydrogens is 366 g/mol. The van der Waals surface area contributed by atoms with Gasteiger partial charge in [0.2, 0.25) is 11.8 Å². The number of fused-ring (bicyclic) bond motifs is 1. The second-order valence-corrected chi connectivity index (χ2v) is 8.18.